The van der Waals surface area contributed by atoms with E-state index >= 15 is 0 Å². The molecule has 2 rings (SSSR count). The number of benzene rings is 1. The van der Waals surface area contributed by atoms with Gasteiger partial charge in [-0.2, -0.15) is 0 Å². The molecule has 110 valence electrons. The van der Waals surface area contributed by atoms with Gasteiger partial charge in [0.05, 0.1) is 12.5 Å². The maximum atomic E-state index is 11.8. The zero-order chi connectivity index (χ0) is 14.6. The lowest BCUT2D eigenvalue weighted by Crippen LogP contribution is -2.29. The van der Waals surface area contributed by atoms with Gasteiger partial charge in [-0.25, -0.2) is 0 Å². The highest BCUT2D eigenvalue weighted by atomic mass is 16.8. The topological polar surface area (TPSA) is 44.8 Å². The monoisotopic (exact) mass is 278 g/mol. The SMILES string of the molecule is CCC1OC(C)(C)OC1COC(=O)Cc1ccccc1. The fraction of sp³-hybridized carbons (Fsp3) is 0.562. The molecular weight excluding hydrogens is 256 g/mol. The molecule has 1 aliphatic heterocycles. The van der Waals surface area contributed by atoms with Crippen molar-refractivity contribution in [2.75, 3.05) is 6.61 Å². The number of hydrogen-bond acceptors (Lipinski definition) is 4. The van der Waals surface area contributed by atoms with Crippen molar-refractivity contribution < 1.29 is 19.0 Å². The molecule has 1 saturated heterocycles. The molecule has 4 nitrogen and oxygen atoms in total. The molecule has 2 atom stereocenters. The standard InChI is InChI=1S/C16H22O4/c1-4-13-14(20-16(2,3)19-13)11-18-15(17)10-12-8-6-5-7-9-12/h5-9,13-14H,4,10-11H2,1-3H3. The van der Waals surface area contributed by atoms with Gasteiger partial charge in [-0.15, -0.1) is 0 Å². The predicted molar refractivity (Wildman–Crippen MR) is 75.2 cm³/mol. The third-order valence-corrected chi connectivity index (χ3v) is 3.29. The average molecular weight is 278 g/mol. The first-order chi connectivity index (χ1) is 9.50. The fourth-order valence-corrected chi connectivity index (χ4v) is 2.38. The van der Waals surface area contributed by atoms with Gasteiger partial charge in [0.15, 0.2) is 5.79 Å². The summed E-state index contributed by atoms with van der Waals surface area (Å²) in [7, 11) is 0. The van der Waals surface area contributed by atoms with E-state index in [1.807, 2.05) is 51.1 Å². The van der Waals surface area contributed by atoms with Gasteiger partial charge in [0, 0.05) is 0 Å². The zero-order valence-electron chi connectivity index (χ0n) is 12.3. The molecule has 0 spiro atoms. The van der Waals surface area contributed by atoms with Crippen LogP contribution in [0.1, 0.15) is 32.8 Å². The van der Waals surface area contributed by atoms with E-state index in [-0.39, 0.29) is 31.2 Å². The van der Waals surface area contributed by atoms with Crippen LogP contribution in [-0.4, -0.2) is 30.6 Å². The smallest absolute Gasteiger partial charge is 0.310 e. The number of esters is 1. The lowest BCUT2D eigenvalue weighted by molar-refractivity contribution is -0.159. The molecule has 0 radical (unpaired) electrons. The summed E-state index contributed by atoms with van der Waals surface area (Å²) in [6.45, 7) is 6.03. The first kappa shape index (κ1) is 15.0. The van der Waals surface area contributed by atoms with Gasteiger partial charge in [-0.05, 0) is 25.8 Å². The van der Waals surface area contributed by atoms with Crippen molar-refractivity contribution in [1.29, 1.82) is 0 Å². The van der Waals surface area contributed by atoms with Crippen LogP contribution in [-0.2, 0) is 25.4 Å². The Labute approximate surface area is 120 Å². The van der Waals surface area contributed by atoms with Crippen molar-refractivity contribution in [3.8, 4) is 0 Å². The van der Waals surface area contributed by atoms with E-state index in [9.17, 15) is 4.79 Å². The largest absolute Gasteiger partial charge is 0.463 e. The van der Waals surface area contributed by atoms with Gasteiger partial charge in [0.2, 0.25) is 0 Å². The summed E-state index contributed by atoms with van der Waals surface area (Å²) in [4.78, 5) is 11.8. The van der Waals surface area contributed by atoms with Crippen molar-refractivity contribution >= 4 is 5.97 Å². The molecule has 1 aliphatic rings. The Morgan fingerprint density at radius 2 is 1.85 bits per heavy atom. The maximum Gasteiger partial charge on any atom is 0.310 e. The second-order valence-corrected chi connectivity index (χ2v) is 5.47. The molecule has 1 aromatic rings. The first-order valence-electron chi connectivity index (χ1n) is 7.05. The Balaban J connectivity index is 1.81. The van der Waals surface area contributed by atoms with E-state index in [0.29, 0.717) is 0 Å². The molecule has 0 amide bonds. The zero-order valence-corrected chi connectivity index (χ0v) is 12.3. The minimum atomic E-state index is -0.600. The number of rotatable bonds is 5. The molecule has 0 aliphatic carbocycles. The van der Waals surface area contributed by atoms with E-state index in [1.165, 1.54) is 0 Å². The van der Waals surface area contributed by atoms with Gasteiger partial charge in [0.1, 0.15) is 12.7 Å². The molecule has 0 aromatic heterocycles. The Hall–Kier alpha value is -1.39. The van der Waals surface area contributed by atoms with Crippen LogP contribution in [0.25, 0.3) is 0 Å². The number of carbonyl (C=O) groups is 1. The van der Waals surface area contributed by atoms with Crippen molar-refractivity contribution in [2.24, 2.45) is 0 Å². The molecule has 4 heteroatoms. The summed E-state index contributed by atoms with van der Waals surface area (Å²) in [5.74, 6) is -0.837. The van der Waals surface area contributed by atoms with Crippen molar-refractivity contribution in [3.63, 3.8) is 0 Å². The summed E-state index contributed by atoms with van der Waals surface area (Å²) < 4.78 is 16.8. The number of ether oxygens (including phenoxy) is 3. The summed E-state index contributed by atoms with van der Waals surface area (Å²) >= 11 is 0. The minimum Gasteiger partial charge on any atom is -0.463 e. The fourth-order valence-electron chi connectivity index (χ4n) is 2.38. The van der Waals surface area contributed by atoms with Crippen LogP contribution in [0.15, 0.2) is 30.3 Å². The number of hydrogen-bond donors (Lipinski definition) is 0. The van der Waals surface area contributed by atoms with Crippen LogP contribution < -0.4 is 0 Å². The van der Waals surface area contributed by atoms with E-state index in [1.54, 1.807) is 0 Å². The molecular formula is C16H22O4. The molecule has 2 unspecified atom stereocenters. The van der Waals surface area contributed by atoms with E-state index in [0.717, 1.165) is 12.0 Å². The Morgan fingerprint density at radius 3 is 2.50 bits per heavy atom. The van der Waals surface area contributed by atoms with Gasteiger partial charge in [-0.3, -0.25) is 4.79 Å². The Morgan fingerprint density at radius 1 is 1.20 bits per heavy atom. The molecule has 0 N–H and O–H groups in total. The molecule has 20 heavy (non-hydrogen) atoms. The van der Waals surface area contributed by atoms with Crippen LogP contribution >= 0.6 is 0 Å². The highest BCUT2D eigenvalue weighted by Gasteiger charge is 2.40. The summed E-state index contributed by atoms with van der Waals surface area (Å²) in [6, 6.07) is 9.56. The van der Waals surface area contributed by atoms with Gasteiger partial charge < -0.3 is 14.2 Å². The van der Waals surface area contributed by atoms with Crippen LogP contribution in [0.5, 0.6) is 0 Å². The average Bonchev–Trinajstić information content (AvgIpc) is 2.72. The van der Waals surface area contributed by atoms with Gasteiger partial charge in [0.25, 0.3) is 0 Å². The quantitative estimate of drug-likeness (QED) is 0.777. The molecule has 0 saturated carbocycles. The molecule has 1 aromatic carbocycles. The summed E-state index contributed by atoms with van der Waals surface area (Å²) in [5, 5.41) is 0. The highest BCUT2D eigenvalue weighted by molar-refractivity contribution is 5.72. The van der Waals surface area contributed by atoms with E-state index in [2.05, 4.69) is 0 Å². The van der Waals surface area contributed by atoms with Crippen LogP contribution in [0, 0.1) is 0 Å². The maximum absolute atomic E-state index is 11.8. The molecule has 1 heterocycles. The first-order valence-corrected chi connectivity index (χ1v) is 7.05. The number of carbonyl (C=O) groups excluding carboxylic acids is 1. The van der Waals surface area contributed by atoms with E-state index in [4.69, 9.17) is 14.2 Å². The highest BCUT2D eigenvalue weighted by Crippen LogP contribution is 2.29. The molecule has 0 bridgehead atoms. The Kier molecular flexibility index (Phi) is 4.78. The van der Waals surface area contributed by atoms with Crippen LogP contribution in [0.4, 0.5) is 0 Å². The van der Waals surface area contributed by atoms with E-state index < -0.39 is 5.79 Å². The predicted octanol–water partition coefficient (Wildman–Crippen LogP) is 2.70. The van der Waals surface area contributed by atoms with Crippen molar-refractivity contribution in [3.05, 3.63) is 35.9 Å². The summed E-state index contributed by atoms with van der Waals surface area (Å²) in [5.41, 5.74) is 0.952. The van der Waals surface area contributed by atoms with Crippen LogP contribution in [0.2, 0.25) is 0 Å². The van der Waals surface area contributed by atoms with Crippen LogP contribution in [0.3, 0.4) is 0 Å². The minimum absolute atomic E-state index is 0.0190. The lowest BCUT2D eigenvalue weighted by atomic mass is 10.1. The third kappa shape index (κ3) is 4.05. The Bertz CT molecular complexity index is 441. The van der Waals surface area contributed by atoms with Crippen molar-refractivity contribution in [2.45, 2.75) is 51.6 Å². The van der Waals surface area contributed by atoms with Crippen molar-refractivity contribution in [1.82, 2.24) is 0 Å². The lowest BCUT2D eigenvalue weighted by Gasteiger charge is -2.16. The molecule has 1 fully saturated rings. The van der Waals surface area contributed by atoms with Gasteiger partial charge >= 0.3 is 5.97 Å². The second-order valence-electron chi connectivity index (χ2n) is 5.47. The summed E-state index contributed by atoms with van der Waals surface area (Å²) in [6.07, 6.45) is 0.920. The normalized spacial score (nSPS) is 24.6. The van der Waals surface area contributed by atoms with Gasteiger partial charge in [-0.1, -0.05) is 37.3 Å². The third-order valence-electron chi connectivity index (χ3n) is 3.29. The second kappa shape index (κ2) is 6.37.